The number of hydrogen-bond donors (Lipinski definition) is 0. The second kappa shape index (κ2) is 1.73. The van der Waals surface area contributed by atoms with Crippen LogP contribution in [0.4, 0.5) is 0 Å². The molecule has 0 amide bonds. The van der Waals surface area contributed by atoms with Crippen LogP contribution >= 0.6 is 11.8 Å². The Hall–Kier alpha value is -1.03. The van der Waals surface area contributed by atoms with Gasteiger partial charge in [-0.1, -0.05) is 0 Å². The van der Waals surface area contributed by atoms with Crippen molar-refractivity contribution in [1.29, 1.82) is 0 Å². The first-order chi connectivity index (χ1) is 4.79. The molecule has 2 aromatic rings. The molecule has 2 rings (SSSR count). The van der Waals surface area contributed by atoms with E-state index in [-0.39, 0.29) is 0 Å². The van der Waals surface area contributed by atoms with Crippen LogP contribution in [0.1, 0.15) is 5.69 Å². The van der Waals surface area contributed by atoms with E-state index in [0.717, 1.165) is 11.2 Å². The Morgan fingerprint density at radius 2 is 2.40 bits per heavy atom. The molecule has 0 saturated carbocycles. The number of fused-ring (bicyclic) bond motifs is 1. The van der Waals surface area contributed by atoms with E-state index in [1.807, 2.05) is 13.0 Å². The van der Waals surface area contributed by atoms with Crippen molar-refractivity contribution >= 4 is 17.3 Å². The third kappa shape index (κ3) is 0.565. The average Bonchev–Trinajstić information content (AvgIpc) is 2.41. The monoisotopic (exact) mass is 156 g/mol. The van der Waals surface area contributed by atoms with Crippen molar-refractivity contribution in [2.45, 2.75) is 6.92 Å². The number of nitrogens with zero attached hydrogens (tertiary/aromatic N) is 4. The van der Waals surface area contributed by atoms with E-state index in [1.54, 1.807) is 6.20 Å². The maximum absolute atomic E-state index is 5.66. The van der Waals surface area contributed by atoms with Crippen LogP contribution in [0, 0.1) is 6.92 Å². The summed E-state index contributed by atoms with van der Waals surface area (Å²) in [6.07, 6.45) is 1.72. The average molecular weight is 157 g/mol. The Labute approximate surface area is 62.1 Å². The van der Waals surface area contributed by atoms with Crippen LogP contribution in [0.2, 0.25) is 0 Å². The topological polar surface area (TPSA) is 35.1 Å². The maximum atomic E-state index is 5.66. The van der Waals surface area contributed by atoms with E-state index in [1.165, 1.54) is 8.83 Å². The van der Waals surface area contributed by atoms with Crippen molar-refractivity contribution in [3.8, 4) is 0 Å². The Morgan fingerprint density at radius 1 is 1.60 bits per heavy atom. The van der Waals surface area contributed by atoms with Crippen molar-refractivity contribution in [3.63, 3.8) is 0 Å². The van der Waals surface area contributed by atoms with Gasteiger partial charge in [0.25, 0.3) is 0 Å². The Bertz CT molecular complexity index is 324. The third-order valence-electron chi connectivity index (χ3n) is 1.40. The minimum Gasteiger partial charge on any atom is -0.178 e. The van der Waals surface area contributed by atoms with E-state index < -0.39 is 0 Å². The minimum atomic E-state index is 0.888. The van der Waals surface area contributed by atoms with E-state index in [9.17, 15) is 0 Å². The molecule has 0 fully saturated rings. The maximum Gasteiger partial charge on any atom is 0.111 e. The predicted octanol–water partition coefficient (Wildman–Crippen LogP) is 0.841. The van der Waals surface area contributed by atoms with Gasteiger partial charge < -0.3 is 0 Å². The van der Waals surface area contributed by atoms with Crippen molar-refractivity contribution in [3.05, 3.63) is 18.0 Å². The van der Waals surface area contributed by atoms with E-state index >= 15 is 0 Å². The summed E-state index contributed by atoms with van der Waals surface area (Å²) < 4.78 is 2.88. The molecule has 0 radical (unpaired) electrons. The van der Waals surface area contributed by atoms with Crippen molar-refractivity contribution in [2.24, 2.45) is 0 Å². The largest absolute Gasteiger partial charge is 0.178 e. The van der Waals surface area contributed by atoms with E-state index in [4.69, 9.17) is 11.8 Å². The number of aromatic nitrogens is 4. The van der Waals surface area contributed by atoms with Gasteiger partial charge >= 0.3 is 0 Å². The molecule has 0 unspecified atom stereocenters. The van der Waals surface area contributed by atoms with Crippen LogP contribution in [0.15, 0.2) is 12.3 Å². The van der Waals surface area contributed by atoms with E-state index in [0.29, 0.717) is 0 Å². The Morgan fingerprint density at radius 3 is 3.10 bits per heavy atom. The normalized spacial score (nSPS) is 11.0. The fraction of sp³-hybridized carbons (Fsp3) is 0.200. The number of halogens is 1. The summed E-state index contributed by atoms with van der Waals surface area (Å²) in [6.45, 7) is 1.89. The molecule has 2 heterocycles. The van der Waals surface area contributed by atoms with Crippen molar-refractivity contribution in [2.75, 3.05) is 0 Å². The quantitative estimate of drug-likeness (QED) is 0.567. The zero-order chi connectivity index (χ0) is 7.14. The molecule has 0 atom stereocenters. The Kier molecular flexibility index (Phi) is 0.990. The molecule has 0 aliphatic rings. The first-order valence-electron chi connectivity index (χ1n) is 2.85. The number of hydrogen-bond acceptors (Lipinski definition) is 2. The van der Waals surface area contributed by atoms with E-state index in [2.05, 4.69) is 10.3 Å². The van der Waals surface area contributed by atoms with Crippen LogP contribution in [0.5, 0.6) is 0 Å². The van der Waals surface area contributed by atoms with Gasteiger partial charge in [0.1, 0.15) is 5.52 Å². The second-order valence-electron chi connectivity index (χ2n) is 2.05. The highest BCUT2D eigenvalue weighted by Crippen LogP contribution is 2.06. The summed E-state index contributed by atoms with van der Waals surface area (Å²) in [5.41, 5.74) is 1.83. The molecular weight excluding hydrogens is 152 g/mol. The summed E-state index contributed by atoms with van der Waals surface area (Å²) in [5.74, 6) is 0. The number of aryl methyl sites for hydroxylation is 1. The van der Waals surface area contributed by atoms with Crippen molar-refractivity contribution in [1.82, 2.24) is 19.1 Å². The molecule has 2 aromatic heterocycles. The van der Waals surface area contributed by atoms with Gasteiger partial charge in [-0.2, -0.15) is 4.20 Å². The molecule has 0 aromatic carbocycles. The molecule has 0 bridgehead atoms. The zero-order valence-corrected chi connectivity index (χ0v) is 6.08. The molecule has 0 spiro atoms. The van der Waals surface area contributed by atoms with Gasteiger partial charge in [0.05, 0.1) is 5.69 Å². The molecule has 0 N–H and O–H groups in total. The molecule has 5 heteroatoms. The lowest BCUT2D eigenvalue weighted by atomic mass is 10.4. The standard InChI is InChI=1S/C5H5ClN4/c1-4-5-2-3-9(6)10(5)8-7-4/h2-3H,1H3. The molecule has 10 heavy (non-hydrogen) atoms. The molecule has 0 aliphatic heterocycles. The van der Waals surface area contributed by atoms with Crippen LogP contribution in [0.25, 0.3) is 5.52 Å². The molecular formula is C5H5ClN4. The lowest BCUT2D eigenvalue weighted by Gasteiger charge is -1.84. The highest BCUT2D eigenvalue weighted by atomic mass is 35.5. The fourth-order valence-electron chi connectivity index (χ4n) is 0.877. The van der Waals surface area contributed by atoms with Gasteiger partial charge in [0.15, 0.2) is 0 Å². The highest BCUT2D eigenvalue weighted by Gasteiger charge is 2.02. The summed E-state index contributed by atoms with van der Waals surface area (Å²) in [7, 11) is 0. The summed E-state index contributed by atoms with van der Waals surface area (Å²) >= 11 is 5.66. The summed E-state index contributed by atoms with van der Waals surface area (Å²) in [4.78, 5) is 0. The van der Waals surface area contributed by atoms with Gasteiger partial charge in [-0.3, -0.25) is 0 Å². The van der Waals surface area contributed by atoms with Gasteiger partial charge in [0, 0.05) is 18.0 Å². The van der Waals surface area contributed by atoms with Gasteiger partial charge in [0.2, 0.25) is 0 Å². The molecule has 0 aliphatic carbocycles. The number of rotatable bonds is 0. The SMILES string of the molecule is Cc1nnn2c1ccn2Cl. The smallest absolute Gasteiger partial charge is 0.111 e. The predicted molar refractivity (Wildman–Crippen MR) is 37.0 cm³/mol. The van der Waals surface area contributed by atoms with Crippen molar-refractivity contribution < 1.29 is 0 Å². The lowest BCUT2D eigenvalue weighted by Crippen LogP contribution is -1.93. The van der Waals surface area contributed by atoms with Crippen LogP contribution in [-0.2, 0) is 0 Å². The Balaban J connectivity index is 2.95. The molecule has 4 nitrogen and oxygen atoms in total. The summed E-state index contributed by atoms with van der Waals surface area (Å²) in [6, 6.07) is 1.86. The summed E-state index contributed by atoms with van der Waals surface area (Å²) in [5, 5.41) is 7.60. The lowest BCUT2D eigenvalue weighted by molar-refractivity contribution is 0.716. The minimum absolute atomic E-state index is 0.888. The first kappa shape index (κ1) is 5.73. The molecule has 52 valence electrons. The third-order valence-corrected chi connectivity index (χ3v) is 1.66. The second-order valence-corrected chi connectivity index (χ2v) is 2.40. The fourth-order valence-corrected chi connectivity index (χ4v) is 1.05. The van der Waals surface area contributed by atoms with Crippen LogP contribution in [0.3, 0.4) is 0 Å². The first-order valence-corrected chi connectivity index (χ1v) is 3.18. The molecule has 0 saturated heterocycles. The highest BCUT2D eigenvalue weighted by molar-refractivity contribution is 6.14. The van der Waals surface area contributed by atoms with Gasteiger partial charge in [-0.15, -0.1) is 9.73 Å². The van der Waals surface area contributed by atoms with Gasteiger partial charge in [-0.25, -0.2) is 0 Å². The van der Waals surface area contributed by atoms with Gasteiger partial charge in [-0.05, 0) is 18.2 Å². The van der Waals surface area contributed by atoms with Crippen LogP contribution in [-0.4, -0.2) is 19.1 Å². The zero-order valence-electron chi connectivity index (χ0n) is 5.32. The van der Waals surface area contributed by atoms with Crippen LogP contribution < -0.4 is 0 Å².